The summed E-state index contributed by atoms with van der Waals surface area (Å²) in [5.41, 5.74) is 1.12. The van der Waals surface area contributed by atoms with Gasteiger partial charge in [0.25, 0.3) is 0 Å². The van der Waals surface area contributed by atoms with E-state index in [9.17, 15) is 10.2 Å². The molecule has 3 atom stereocenters. The fraction of sp³-hybridized carbons (Fsp3) is 0.200. The lowest BCUT2D eigenvalue weighted by Gasteiger charge is -2.21. The molecule has 3 nitrogen and oxygen atoms in total. The average molecular weight is 368 g/mol. The Morgan fingerprint density at radius 2 is 1.46 bits per heavy atom. The van der Waals surface area contributed by atoms with Gasteiger partial charge in [0.1, 0.15) is 6.10 Å². The van der Waals surface area contributed by atoms with Crippen LogP contribution in [0.5, 0.6) is 0 Å². The van der Waals surface area contributed by atoms with E-state index in [0.29, 0.717) is 6.42 Å². The maximum atomic E-state index is 10.4. The molecule has 2 N–H and O–H groups in total. The van der Waals surface area contributed by atoms with Crippen LogP contribution in [0.4, 0.5) is 0 Å². The van der Waals surface area contributed by atoms with Gasteiger partial charge in [-0.15, -0.1) is 0 Å². The van der Waals surface area contributed by atoms with E-state index >= 15 is 0 Å². The third-order valence-electron chi connectivity index (χ3n) is 6.30. The lowest BCUT2D eigenvalue weighted by atomic mass is 9.85. The van der Waals surface area contributed by atoms with Crippen LogP contribution in [-0.2, 0) is 4.74 Å². The van der Waals surface area contributed by atoms with Gasteiger partial charge in [0.05, 0.1) is 18.8 Å². The Hall–Kier alpha value is -2.72. The molecule has 6 rings (SSSR count). The molecule has 5 aromatic rings. The summed E-state index contributed by atoms with van der Waals surface area (Å²) < 4.78 is 6.11. The Kier molecular flexibility index (Phi) is 3.42. The zero-order chi connectivity index (χ0) is 18.8. The van der Waals surface area contributed by atoms with Gasteiger partial charge in [-0.05, 0) is 48.7 Å². The van der Waals surface area contributed by atoms with E-state index in [0.717, 1.165) is 10.9 Å². The molecule has 1 saturated heterocycles. The fourth-order valence-electron chi connectivity index (χ4n) is 5.06. The second-order valence-corrected chi connectivity index (χ2v) is 7.79. The van der Waals surface area contributed by atoms with Crippen molar-refractivity contribution in [2.24, 2.45) is 0 Å². The molecule has 1 fully saturated rings. The summed E-state index contributed by atoms with van der Waals surface area (Å²) in [5.74, 6) is 0. The molecule has 28 heavy (non-hydrogen) atoms. The van der Waals surface area contributed by atoms with Crippen LogP contribution in [0, 0.1) is 0 Å². The molecule has 0 spiro atoms. The van der Waals surface area contributed by atoms with E-state index in [2.05, 4.69) is 66.7 Å². The van der Waals surface area contributed by atoms with E-state index < -0.39 is 12.2 Å². The number of benzene rings is 5. The Morgan fingerprint density at radius 3 is 2.18 bits per heavy atom. The number of rotatable bonds is 2. The Labute approximate surface area is 162 Å². The van der Waals surface area contributed by atoms with Crippen LogP contribution in [0.1, 0.15) is 18.1 Å². The summed E-state index contributed by atoms with van der Waals surface area (Å²) in [7, 11) is 0. The summed E-state index contributed by atoms with van der Waals surface area (Å²) in [6, 6.07) is 23.6. The van der Waals surface area contributed by atoms with Crippen LogP contribution in [-0.4, -0.2) is 29.0 Å². The number of hydrogen-bond donors (Lipinski definition) is 2. The largest absolute Gasteiger partial charge is 0.394 e. The van der Waals surface area contributed by atoms with Crippen LogP contribution in [0.15, 0.2) is 66.7 Å². The van der Waals surface area contributed by atoms with E-state index in [1.807, 2.05) is 0 Å². The van der Waals surface area contributed by atoms with Crippen LogP contribution in [0.25, 0.3) is 43.1 Å². The van der Waals surface area contributed by atoms with Gasteiger partial charge in [0.15, 0.2) is 0 Å². The minimum Gasteiger partial charge on any atom is -0.394 e. The van der Waals surface area contributed by atoms with Crippen molar-refractivity contribution in [3.8, 4) is 0 Å². The van der Waals surface area contributed by atoms with Gasteiger partial charge in [-0.2, -0.15) is 0 Å². The maximum absolute atomic E-state index is 10.4. The molecule has 1 heterocycles. The molecular formula is C25H20O3. The molecule has 0 amide bonds. The topological polar surface area (TPSA) is 49.7 Å². The summed E-state index contributed by atoms with van der Waals surface area (Å²) in [6.45, 7) is -0.165. The Bertz CT molecular complexity index is 1320. The molecule has 1 aliphatic heterocycles. The highest BCUT2D eigenvalue weighted by Gasteiger charge is 2.36. The highest BCUT2D eigenvalue weighted by atomic mass is 16.5. The fourth-order valence-corrected chi connectivity index (χ4v) is 5.06. The van der Waals surface area contributed by atoms with Crippen molar-refractivity contribution in [3.05, 3.63) is 72.3 Å². The predicted molar refractivity (Wildman–Crippen MR) is 113 cm³/mol. The predicted octanol–water partition coefficient (Wildman–Crippen LogP) is 4.92. The highest BCUT2D eigenvalue weighted by molar-refractivity contribution is 6.30. The SMILES string of the molecule is OC[C@H]1O[C@@H](c2c3ccccc3c3ccc4cccc5ccc2c3c54)C[C@@H]1O. The van der Waals surface area contributed by atoms with Gasteiger partial charge in [0.2, 0.25) is 0 Å². The van der Waals surface area contributed by atoms with Gasteiger partial charge in [-0.3, -0.25) is 0 Å². The standard InChI is InChI=1S/C25H20O3/c26-13-22-20(27)12-21(28-22)24-17-7-2-1-6-16(17)18-10-8-14-4-3-5-15-9-11-19(24)25(18)23(14)15/h1-11,20-22,26-27H,12-13H2/t20-,21+,22+/m0/s1. The van der Waals surface area contributed by atoms with Gasteiger partial charge in [-0.25, -0.2) is 0 Å². The highest BCUT2D eigenvalue weighted by Crippen LogP contribution is 2.46. The molecule has 0 bridgehead atoms. The zero-order valence-electron chi connectivity index (χ0n) is 15.3. The molecule has 0 aliphatic carbocycles. The first kappa shape index (κ1) is 16.3. The second kappa shape index (κ2) is 5.89. The van der Waals surface area contributed by atoms with E-state index in [1.165, 1.54) is 37.7 Å². The van der Waals surface area contributed by atoms with E-state index in [1.54, 1.807) is 0 Å². The van der Waals surface area contributed by atoms with E-state index in [4.69, 9.17) is 4.74 Å². The summed E-state index contributed by atoms with van der Waals surface area (Å²) in [6.07, 6.45) is -0.907. The molecule has 0 unspecified atom stereocenters. The van der Waals surface area contributed by atoms with Crippen molar-refractivity contribution in [2.75, 3.05) is 6.61 Å². The summed E-state index contributed by atoms with van der Waals surface area (Å²) in [4.78, 5) is 0. The number of ether oxygens (including phenoxy) is 1. The minimum atomic E-state index is -0.646. The second-order valence-electron chi connectivity index (χ2n) is 7.79. The van der Waals surface area contributed by atoms with E-state index in [-0.39, 0.29) is 12.7 Å². The summed E-state index contributed by atoms with van der Waals surface area (Å²) >= 11 is 0. The normalized spacial score (nSPS) is 22.9. The minimum absolute atomic E-state index is 0.165. The first-order chi connectivity index (χ1) is 13.8. The molecular weight excluding hydrogens is 348 g/mol. The maximum Gasteiger partial charge on any atom is 0.107 e. The van der Waals surface area contributed by atoms with Crippen LogP contribution in [0.2, 0.25) is 0 Å². The van der Waals surface area contributed by atoms with Gasteiger partial charge in [-0.1, -0.05) is 66.7 Å². The Balaban J connectivity index is 1.79. The van der Waals surface area contributed by atoms with Crippen LogP contribution < -0.4 is 0 Å². The van der Waals surface area contributed by atoms with Crippen molar-refractivity contribution in [3.63, 3.8) is 0 Å². The van der Waals surface area contributed by atoms with Crippen molar-refractivity contribution in [1.29, 1.82) is 0 Å². The molecule has 1 aliphatic rings. The smallest absolute Gasteiger partial charge is 0.107 e. The van der Waals surface area contributed by atoms with Crippen LogP contribution in [0.3, 0.4) is 0 Å². The quantitative estimate of drug-likeness (QED) is 0.343. The number of aliphatic hydroxyl groups excluding tert-OH is 2. The zero-order valence-corrected chi connectivity index (χ0v) is 15.3. The molecule has 3 heteroatoms. The number of aliphatic hydroxyl groups is 2. The number of hydrogen-bond acceptors (Lipinski definition) is 3. The Morgan fingerprint density at radius 1 is 0.750 bits per heavy atom. The first-order valence-electron chi connectivity index (χ1n) is 9.79. The van der Waals surface area contributed by atoms with Crippen molar-refractivity contribution in [2.45, 2.75) is 24.7 Å². The third-order valence-corrected chi connectivity index (χ3v) is 6.30. The molecule has 0 radical (unpaired) electrons. The molecule has 0 saturated carbocycles. The molecule has 138 valence electrons. The van der Waals surface area contributed by atoms with Crippen molar-refractivity contribution < 1.29 is 14.9 Å². The van der Waals surface area contributed by atoms with Crippen molar-refractivity contribution in [1.82, 2.24) is 0 Å². The average Bonchev–Trinajstić information content (AvgIpc) is 3.11. The lowest BCUT2D eigenvalue weighted by molar-refractivity contribution is -0.0218. The molecule has 0 aromatic heterocycles. The van der Waals surface area contributed by atoms with Crippen molar-refractivity contribution >= 4 is 43.1 Å². The third kappa shape index (κ3) is 2.09. The lowest BCUT2D eigenvalue weighted by Crippen LogP contribution is -2.24. The molecule has 5 aromatic carbocycles. The van der Waals surface area contributed by atoms with Gasteiger partial charge < -0.3 is 14.9 Å². The van der Waals surface area contributed by atoms with Crippen LogP contribution >= 0.6 is 0 Å². The summed E-state index contributed by atoms with van der Waals surface area (Å²) in [5, 5.41) is 29.7. The first-order valence-corrected chi connectivity index (χ1v) is 9.79. The monoisotopic (exact) mass is 368 g/mol. The number of fused-ring (bicyclic) bond motifs is 2. The van der Waals surface area contributed by atoms with Gasteiger partial charge >= 0.3 is 0 Å². The van der Waals surface area contributed by atoms with Gasteiger partial charge in [0, 0.05) is 6.42 Å².